The molecule has 0 saturated heterocycles. The Morgan fingerprint density at radius 1 is 1.03 bits per heavy atom. The van der Waals surface area contributed by atoms with E-state index in [-0.39, 0.29) is 28.8 Å². The minimum atomic E-state index is -4.11. The molecule has 0 aliphatic carbocycles. The molecule has 7 nitrogen and oxygen atoms in total. The van der Waals surface area contributed by atoms with Gasteiger partial charge in [0.15, 0.2) is 0 Å². The van der Waals surface area contributed by atoms with E-state index >= 15 is 0 Å². The Morgan fingerprint density at radius 2 is 1.70 bits per heavy atom. The van der Waals surface area contributed by atoms with Crippen molar-refractivity contribution in [2.75, 3.05) is 31.1 Å². The highest BCUT2D eigenvalue weighted by Gasteiger charge is 2.27. The molecule has 0 bridgehead atoms. The van der Waals surface area contributed by atoms with E-state index in [1.54, 1.807) is 49.6 Å². The van der Waals surface area contributed by atoms with Gasteiger partial charge in [0.2, 0.25) is 5.91 Å². The molecule has 10 heteroatoms. The number of rotatable bonds is 10. The number of nitrogens with zero attached hydrogens (tertiary/aromatic N) is 1. The Labute approximate surface area is 196 Å². The lowest BCUT2D eigenvalue weighted by atomic mass is 10.3. The lowest BCUT2D eigenvalue weighted by Gasteiger charge is -2.24. The summed E-state index contributed by atoms with van der Waals surface area (Å²) in [5.74, 6) is 0.0291. The summed E-state index contributed by atoms with van der Waals surface area (Å²) < 4.78 is 51.6. The third-order valence-corrected chi connectivity index (χ3v) is 6.64. The first-order valence-electron chi connectivity index (χ1n) is 9.87. The predicted octanol–water partition coefficient (Wildman–Crippen LogP) is 3.88. The van der Waals surface area contributed by atoms with Crippen LogP contribution in [0.1, 0.15) is 0 Å². The first kappa shape index (κ1) is 24.3. The fourth-order valence-corrected chi connectivity index (χ4v) is 4.50. The number of hydrogen-bond donors (Lipinski definition) is 1. The highest BCUT2D eigenvalue weighted by Crippen LogP contribution is 2.27. The van der Waals surface area contributed by atoms with Crippen LogP contribution in [0.4, 0.5) is 10.1 Å². The lowest BCUT2D eigenvalue weighted by Crippen LogP contribution is -2.42. The molecule has 3 rings (SSSR count). The summed E-state index contributed by atoms with van der Waals surface area (Å²) in [6.07, 6.45) is 0. The van der Waals surface area contributed by atoms with Crippen LogP contribution in [0, 0.1) is 5.82 Å². The van der Waals surface area contributed by atoms with Crippen LogP contribution in [-0.2, 0) is 14.8 Å². The van der Waals surface area contributed by atoms with Crippen LogP contribution in [0.2, 0.25) is 5.02 Å². The highest BCUT2D eigenvalue weighted by atomic mass is 35.5. The van der Waals surface area contributed by atoms with Crippen molar-refractivity contribution in [3.05, 3.63) is 83.6 Å². The van der Waals surface area contributed by atoms with Gasteiger partial charge in [0.25, 0.3) is 10.0 Å². The van der Waals surface area contributed by atoms with Gasteiger partial charge in [-0.1, -0.05) is 29.8 Å². The van der Waals surface area contributed by atoms with Crippen molar-refractivity contribution in [1.82, 2.24) is 5.32 Å². The molecule has 1 N–H and O–H groups in total. The summed E-state index contributed by atoms with van der Waals surface area (Å²) in [6.45, 7) is -0.206. The van der Waals surface area contributed by atoms with Gasteiger partial charge in [0.05, 0.1) is 29.3 Å². The van der Waals surface area contributed by atoms with Gasteiger partial charge in [0.1, 0.15) is 30.5 Å². The molecule has 0 aromatic heterocycles. The van der Waals surface area contributed by atoms with E-state index in [2.05, 4.69) is 5.32 Å². The van der Waals surface area contributed by atoms with Gasteiger partial charge in [0, 0.05) is 0 Å². The Balaban J connectivity index is 1.69. The fourth-order valence-electron chi connectivity index (χ4n) is 2.89. The Hall–Kier alpha value is -3.30. The van der Waals surface area contributed by atoms with Crippen molar-refractivity contribution >= 4 is 33.2 Å². The van der Waals surface area contributed by atoms with Crippen molar-refractivity contribution in [2.45, 2.75) is 4.90 Å². The van der Waals surface area contributed by atoms with Crippen LogP contribution >= 0.6 is 11.6 Å². The zero-order chi connectivity index (χ0) is 23.8. The van der Waals surface area contributed by atoms with Crippen LogP contribution in [0.15, 0.2) is 77.7 Å². The SMILES string of the molecule is COc1ccc(OCCNC(=O)CN(c2ccc(F)c(Cl)c2)S(=O)(=O)c2ccccc2)cc1. The largest absolute Gasteiger partial charge is 0.497 e. The number of hydrogen-bond acceptors (Lipinski definition) is 5. The highest BCUT2D eigenvalue weighted by molar-refractivity contribution is 7.92. The molecular weight excluding hydrogens is 471 g/mol. The second-order valence-corrected chi connectivity index (χ2v) is 9.07. The van der Waals surface area contributed by atoms with Gasteiger partial charge in [-0.15, -0.1) is 0 Å². The fraction of sp³-hybridized carbons (Fsp3) is 0.174. The Kier molecular flexibility index (Phi) is 8.13. The zero-order valence-electron chi connectivity index (χ0n) is 17.7. The molecule has 0 atom stereocenters. The van der Waals surface area contributed by atoms with Gasteiger partial charge < -0.3 is 14.8 Å². The molecule has 174 valence electrons. The van der Waals surface area contributed by atoms with Crippen molar-refractivity contribution in [3.63, 3.8) is 0 Å². The topological polar surface area (TPSA) is 84.9 Å². The molecule has 0 radical (unpaired) electrons. The first-order chi connectivity index (χ1) is 15.8. The third-order valence-electron chi connectivity index (χ3n) is 4.56. The Bertz CT molecular complexity index is 1190. The van der Waals surface area contributed by atoms with E-state index < -0.39 is 28.3 Å². The van der Waals surface area contributed by atoms with E-state index in [1.807, 2.05) is 0 Å². The molecule has 0 heterocycles. The molecular formula is C23H22ClFN2O5S. The molecule has 0 fully saturated rings. The summed E-state index contributed by atoms with van der Waals surface area (Å²) in [4.78, 5) is 12.5. The maximum absolute atomic E-state index is 13.6. The molecule has 0 aliphatic heterocycles. The standard InChI is InChI=1S/C23H22ClFN2O5S/c1-31-18-8-10-19(11-9-18)32-14-13-26-23(28)16-27(17-7-12-22(25)21(24)15-17)33(29,30)20-5-3-2-4-6-20/h2-12,15H,13-14,16H2,1H3,(H,26,28). The molecule has 33 heavy (non-hydrogen) atoms. The molecule has 0 aliphatic rings. The summed E-state index contributed by atoms with van der Waals surface area (Å²) in [5, 5.41) is 2.37. The van der Waals surface area contributed by atoms with E-state index in [0.29, 0.717) is 11.5 Å². The smallest absolute Gasteiger partial charge is 0.264 e. The monoisotopic (exact) mass is 492 g/mol. The van der Waals surface area contributed by atoms with Gasteiger partial charge in [-0.05, 0) is 54.6 Å². The number of benzene rings is 3. The second kappa shape index (κ2) is 11.0. The van der Waals surface area contributed by atoms with E-state index in [0.717, 1.165) is 16.4 Å². The van der Waals surface area contributed by atoms with Crippen molar-refractivity contribution in [2.24, 2.45) is 0 Å². The van der Waals surface area contributed by atoms with Crippen LogP contribution in [-0.4, -0.2) is 41.1 Å². The number of carbonyl (C=O) groups is 1. The Morgan fingerprint density at radius 3 is 2.33 bits per heavy atom. The summed E-state index contributed by atoms with van der Waals surface area (Å²) >= 11 is 5.85. The van der Waals surface area contributed by atoms with Crippen LogP contribution in [0.3, 0.4) is 0 Å². The molecule has 3 aromatic carbocycles. The number of carbonyl (C=O) groups excluding carboxylic acids is 1. The number of nitrogens with one attached hydrogen (secondary N) is 1. The predicted molar refractivity (Wildman–Crippen MR) is 124 cm³/mol. The van der Waals surface area contributed by atoms with Gasteiger partial charge in [-0.3, -0.25) is 9.10 Å². The third kappa shape index (κ3) is 6.36. The van der Waals surface area contributed by atoms with Crippen LogP contribution < -0.4 is 19.1 Å². The van der Waals surface area contributed by atoms with E-state index in [9.17, 15) is 17.6 Å². The minimum absolute atomic E-state index is 0.0129. The first-order valence-corrected chi connectivity index (χ1v) is 11.7. The average Bonchev–Trinajstić information content (AvgIpc) is 2.83. The van der Waals surface area contributed by atoms with E-state index in [1.165, 1.54) is 18.2 Å². The van der Waals surface area contributed by atoms with Gasteiger partial charge in [-0.25, -0.2) is 12.8 Å². The van der Waals surface area contributed by atoms with Crippen molar-refractivity contribution in [1.29, 1.82) is 0 Å². The maximum atomic E-state index is 13.6. The maximum Gasteiger partial charge on any atom is 0.264 e. The summed E-state index contributed by atoms with van der Waals surface area (Å²) in [5.41, 5.74) is 0.0647. The number of amides is 1. The van der Waals surface area contributed by atoms with Crippen molar-refractivity contribution in [3.8, 4) is 11.5 Å². The van der Waals surface area contributed by atoms with Gasteiger partial charge in [-0.2, -0.15) is 0 Å². The number of sulfonamides is 1. The quantitative estimate of drug-likeness (QED) is 0.434. The number of anilines is 1. The van der Waals surface area contributed by atoms with Gasteiger partial charge >= 0.3 is 0 Å². The van der Waals surface area contributed by atoms with Crippen LogP contribution in [0.5, 0.6) is 11.5 Å². The lowest BCUT2D eigenvalue weighted by molar-refractivity contribution is -0.119. The van der Waals surface area contributed by atoms with Crippen LogP contribution in [0.25, 0.3) is 0 Å². The normalized spacial score (nSPS) is 11.0. The number of methoxy groups -OCH3 is 1. The molecule has 0 spiro atoms. The summed E-state index contributed by atoms with van der Waals surface area (Å²) in [6, 6.07) is 18.0. The average molecular weight is 493 g/mol. The van der Waals surface area contributed by atoms with Crippen molar-refractivity contribution < 1.29 is 27.1 Å². The molecule has 0 unspecified atom stereocenters. The number of ether oxygens (including phenoxy) is 2. The summed E-state index contributed by atoms with van der Waals surface area (Å²) in [7, 11) is -2.55. The minimum Gasteiger partial charge on any atom is -0.497 e. The molecule has 3 aromatic rings. The number of halogens is 2. The zero-order valence-corrected chi connectivity index (χ0v) is 19.3. The van der Waals surface area contributed by atoms with E-state index in [4.69, 9.17) is 21.1 Å². The second-order valence-electron chi connectivity index (χ2n) is 6.80. The molecule has 1 amide bonds. The molecule has 0 saturated carbocycles.